The lowest BCUT2D eigenvalue weighted by molar-refractivity contribution is -0.136. The van der Waals surface area contributed by atoms with Gasteiger partial charge in [0, 0.05) is 85.1 Å². The molecule has 13 rings (SSSR count). The molecule has 6 aromatic rings. The maximum atomic E-state index is 16.0. The monoisotopic (exact) mass is 1190 g/mol. The van der Waals surface area contributed by atoms with E-state index < -0.39 is 40.9 Å². The summed E-state index contributed by atoms with van der Waals surface area (Å²) in [6.45, 7) is 13.6. The molecule has 5 fully saturated rings. The lowest BCUT2D eigenvalue weighted by Crippen LogP contribution is -2.58. The summed E-state index contributed by atoms with van der Waals surface area (Å²) >= 11 is 0. The molecule has 456 valence electrons. The van der Waals surface area contributed by atoms with E-state index in [1.807, 2.05) is 55.4 Å². The quantitative estimate of drug-likeness (QED) is 0.0772. The number of pyridine rings is 1. The van der Waals surface area contributed by atoms with Crippen molar-refractivity contribution in [2.75, 3.05) is 49.5 Å². The van der Waals surface area contributed by atoms with E-state index in [-0.39, 0.29) is 71.5 Å². The number of Topliss-reactive ketones (excluding diaryl/α,β-unsaturated/α-hetero) is 1. The Kier molecular flexibility index (Phi) is 15.5. The van der Waals surface area contributed by atoms with Gasteiger partial charge in [-0.1, -0.05) is 44.5 Å². The molecule has 0 radical (unpaired) electrons. The lowest BCUT2D eigenvalue weighted by Gasteiger charge is -2.48. The lowest BCUT2D eigenvalue weighted by atomic mass is 9.73. The molecule has 4 aromatic carbocycles. The van der Waals surface area contributed by atoms with Gasteiger partial charge in [-0.3, -0.25) is 48.6 Å². The van der Waals surface area contributed by atoms with Crippen LogP contribution in [0.1, 0.15) is 179 Å². The summed E-state index contributed by atoms with van der Waals surface area (Å²) in [5, 5.41) is 5.54. The van der Waals surface area contributed by atoms with E-state index in [0.717, 1.165) is 53.2 Å². The number of aryl methyl sites for hydroxylation is 1. The van der Waals surface area contributed by atoms with Gasteiger partial charge in [-0.15, -0.1) is 0 Å². The van der Waals surface area contributed by atoms with Crippen molar-refractivity contribution >= 4 is 75.4 Å². The van der Waals surface area contributed by atoms with E-state index in [0.29, 0.717) is 121 Å². The molecular formula is C69H75FN10O8. The number of ketones is 1. The Hall–Kier alpha value is -8.45. The third kappa shape index (κ3) is 10.4. The first kappa shape index (κ1) is 58.6. The number of likely N-dealkylation sites (tertiary alicyclic amines) is 3. The van der Waals surface area contributed by atoms with Crippen molar-refractivity contribution in [3.05, 3.63) is 136 Å². The van der Waals surface area contributed by atoms with Crippen molar-refractivity contribution < 1.29 is 42.7 Å². The first-order valence-electron chi connectivity index (χ1n) is 31.6. The van der Waals surface area contributed by atoms with Crippen molar-refractivity contribution in [1.29, 1.82) is 0 Å². The van der Waals surface area contributed by atoms with Crippen LogP contribution in [0.2, 0.25) is 0 Å². The van der Waals surface area contributed by atoms with Crippen LogP contribution in [0.4, 0.5) is 21.6 Å². The summed E-state index contributed by atoms with van der Waals surface area (Å²) in [5.41, 5.74) is 7.01. The van der Waals surface area contributed by atoms with Crippen LogP contribution >= 0.6 is 0 Å². The molecule has 1 atom stereocenters. The number of hydrogen-bond acceptors (Lipinski definition) is 12. The highest BCUT2D eigenvalue weighted by Crippen LogP contribution is 2.52. The van der Waals surface area contributed by atoms with E-state index in [2.05, 4.69) is 32.6 Å². The largest absolute Gasteiger partial charge is 0.339 e. The zero-order valence-electron chi connectivity index (χ0n) is 50.7. The van der Waals surface area contributed by atoms with Crippen molar-refractivity contribution in [3.8, 4) is 11.3 Å². The van der Waals surface area contributed by atoms with Crippen LogP contribution < -0.4 is 15.5 Å². The molecule has 2 N–H and O–H groups in total. The Morgan fingerprint density at radius 3 is 2.12 bits per heavy atom. The highest BCUT2D eigenvalue weighted by Gasteiger charge is 2.56. The zero-order chi connectivity index (χ0) is 61.4. The molecule has 8 heterocycles. The number of hydrogen-bond donors (Lipinski definition) is 2. The molecule has 4 saturated heterocycles. The van der Waals surface area contributed by atoms with Gasteiger partial charge >= 0.3 is 0 Å². The molecule has 6 aliphatic heterocycles. The number of fused-ring (bicyclic) bond motifs is 4. The number of rotatable bonds is 14. The molecule has 7 aliphatic rings. The number of benzene rings is 4. The average molecular weight is 1190 g/mol. The summed E-state index contributed by atoms with van der Waals surface area (Å²) in [4.78, 5) is 128. The fraction of sp³-hybridized carbons (Fsp3) is 0.449. The highest BCUT2D eigenvalue weighted by molar-refractivity contribution is 6.24. The summed E-state index contributed by atoms with van der Waals surface area (Å²) in [5.74, 6) is -2.29. The molecule has 1 unspecified atom stereocenters. The fourth-order valence-electron chi connectivity index (χ4n) is 14.9. The Morgan fingerprint density at radius 1 is 0.761 bits per heavy atom. The van der Waals surface area contributed by atoms with Crippen molar-refractivity contribution in [2.45, 2.75) is 148 Å². The van der Waals surface area contributed by atoms with Gasteiger partial charge in [0.05, 0.1) is 39.8 Å². The van der Waals surface area contributed by atoms with Crippen molar-refractivity contribution in [3.63, 3.8) is 0 Å². The third-order valence-corrected chi connectivity index (χ3v) is 19.9. The van der Waals surface area contributed by atoms with Crippen LogP contribution in [-0.2, 0) is 26.2 Å². The Labute approximate surface area is 511 Å². The second kappa shape index (κ2) is 23.2. The Morgan fingerprint density at radius 2 is 1.45 bits per heavy atom. The van der Waals surface area contributed by atoms with Gasteiger partial charge < -0.3 is 29.5 Å². The first-order chi connectivity index (χ1) is 42.3. The molecule has 88 heavy (non-hydrogen) atoms. The number of nitrogens with zero attached hydrogens (tertiary/aromatic N) is 8. The molecule has 1 aliphatic carbocycles. The summed E-state index contributed by atoms with van der Waals surface area (Å²) in [6, 6.07) is 22.4. The van der Waals surface area contributed by atoms with Gasteiger partial charge in [0.25, 0.3) is 23.6 Å². The van der Waals surface area contributed by atoms with Crippen LogP contribution in [0.25, 0.3) is 22.3 Å². The normalized spacial score (nSPS) is 21.4. The number of amides is 7. The molecule has 1 saturated carbocycles. The minimum absolute atomic E-state index is 0.00311. The van der Waals surface area contributed by atoms with Crippen LogP contribution in [0.5, 0.6) is 0 Å². The number of aromatic nitrogens is 3. The second-order valence-corrected chi connectivity index (χ2v) is 26.2. The molecule has 18 nitrogen and oxygen atoms in total. The maximum Gasteiger partial charge on any atom is 0.262 e. The first-order valence-corrected chi connectivity index (χ1v) is 31.6. The number of imide groups is 2. The van der Waals surface area contributed by atoms with E-state index in [9.17, 15) is 33.6 Å². The zero-order valence-corrected chi connectivity index (χ0v) is 50.7. The second-order valence-electron chi connectivity index (χ2n) is 26.2. The van der Waals surface area contributed by atoms with E-state index in [1.165, 1.54) is 25.3 Å². The fourth-order valence-corrected chi connectivity index (χ4v) is 14.9. The minimum Gasteiger partial charge on any atom is -0.339 e. The summed E-state index contributed by atoms with van der Waals surface area (Å²) < 4.78 is 18.0. The van der Waals surface area contributed by atoms with Crippen LogP contribution in [-0.4, -0.2) is 139 Å². The van der Waals surface area contributed by atoms with Gasteiger partial charge in [0.2, 0.25) is 17.7 Å². The smallest absolute Gasteiger partial charge is 0.262 e. The van der Waals surface area contributed by atoms with Crippen molar-refractivity contribution in [2.24, 2.45) is 11.8 Å². The predicted molar refractivity (Wildman–Crippen MR) is 330 cm³/mol. The topological polar surface area (TPSA) is 208 Å². The molecular weight excluding hydrogens is 1120 g/mol. The van der Waals surface area contributed by atoms with Gasteiger partial charge in [0.1, 0.15) is 17.4 Å². The highest BCUT2D eigenvalue weighted by atomic mass is 19.1. The third-order valence-electron chi connectivity index (χ3n) is 19.9. The number of piperidine rings is 4. The maximum absolute atomic E-state index is 16.0. The van der Waals surface area contributed by atoms with Crippen LogP contribution in [0, 0.1) is 24.6 Å². The van der Waals surface area contributed by atoms with Gasteiger partial charge in [0.15, 0.2) is 11.6 Å². The average Bonchev–Trinajstić information content (AvgIpc) is 1.57. The Balaban J connectivity index is 0.702. The molecule has 0 bridgehead atoms. The van der Waals surface area contributed by atoms with Gasteiger partial charge in [-0.2, -0.15) is 0 Å². The SMILES string of the molecule is Cc1cc(F)c(Nc2nc(-c3ccc4c(c3)N(C3CC(N5CCCCC5)C3)C(=O)C43CCN(C(=O)c4ccc(C(=O)N5CCC(Cc6cccc7c6C(=O)N(C6CCC(=O)NC6=O)C7=O)CC5)cc4)CC3)cc3ncn(C(C)C)c23)cc1C(=O)CC(C)C. The number of halogens is 1. The number of carbonyl (C=O) groups excluding carboxylic acids is 8. The summed E-state index contributed by atoms with van der Waals surface area (Å²) in [6.07, 6.45) is 10.3. The molecule has 19 heteroatoms. The molecule has 1 spiro atoms. The van der Waals surface area contributed by atoms with E-state index in [4.69, 9.17) is 9.97 Å². The Bertz CT molecular complexity index is 3860. The van der Waals surface area contributed by atoms with Crippen LogP contribution in [0.3, 0.4) is 0 Å². The van der Waals surface area contributed by atoms with E-state index in [1.54, 1.807) is 60.6 Å². The van der Waals surface area contributed by atoms with Crippen LogP contribution in [0.15, 0.2) is 85.2 Å². The number of carbonyl (C=O) groups is 8. The van der Waals surface area contributed by atoms with Gasteiger partial charge in [-0.25, -0.2) is 14.4 Å². The standard InChI is InChI=1S/C69H75FN10O8/c1-39(2)30-58(81)50-36-54(52(70)31-41(50)5)73-62-61-55(71-38-78(61)40(3)4)37-53(72-62)45-16-17-51-57(33-45)79(48-34-47(35-48)75-24-7-6-8-25-75)68(88)69(51)22-28-77(29-23-69)65(85)44-14-12-43(13-15-44)64(84)76-26-20-42(21-27-76)32-46-10-9-11-49-60(46)67(87)80(66(49)86)56-18-19-59(82)74-63(56)83/h9-17,31,33,36-40,42,47-48,56H,6-8,18-30,32,34-35H2,1-5H3,(H,72,73)(H,74,82,83). The number of anilines is 3. The number of imidazole rings is 1. The molecule has 2 aromatic heterocycles. The molecule has 7 amide bonds. The minimum atomic E-state index is -1.04. The van der Waals surface area contributed by atoms with Crippen molar-refractivity contribution in [1.82, 2.24) is 39.5 Å². The number of nitrogens with one attached hydrogen (secondary N) is 2. The summed E-state index contributed by atoms with van der Waals surface area (Å²) in [7, 11) is 0. The van der Waals surface area contributed by atoms with Gasteiger partial charge in [-0.05, 0) is 181 Å². The van der Waals surface area contributed by atoms with E-state index >= 15 is 9.18 Å². The predicted octanol–water partition coefficient (Wildman–Crippen LogP) is 10.1.